The smallest absolute Gasteiger partial charge is 0.203 e. The van der Waals surface area contributed by atoms with Gasteiger partial charge in [0.25, 0.3) is 0 Å². The lowest BCUT2D eigenvalue weighted by Crippen LogP contribution is -2.13. The van der Waals surface area contributed by atoms with Crippen LogP contribution >= 0.6 is 0 Å². The van der Waals surface area contributed by atoms with Crippen LogP contribution in [0.1, 0.15) is 32.8 Å². The Labute approximate surface area is 185 Å². The number of nitrogens with one attached hydrogen (secondary N) is 1. The highest BCUT2D eigenvalue weighted by molar-refractivity contribution is 5.62. The van der Waals surface area contributed by atoms with E-state index in [2.05, 4.69) is 35.9 Å². The van der Waals surface area contributed by atoms with E-state index in [9.17, 15) is 0 Å². The SMILES string of the molecule is CCOc1ccc(-c2cnc(NCc3ccc(OC)c(OC)c3)n2CC(C)CC)cc1. The van der Waals surface area contributed by atoms with Crippen LogP contribution in [0.2, 0.25) is 0 Å². The van der Waals surface area contributed by atoms with Gasteiger partial charge in [-0.25, -0.2) is 4.98 Å². The average molecular weight is 424 g/mol. The van der Waals surface area contributed by atoms with Crippen LogP contribution in [-0.2, 0) is 13.1 Å². The van der Waals surface area contributed by atoms with Crippen molar-refractivity contribution in [2.24, 2.45) is 5.92 Å². The van der Waals surface area contributed by atoms with Crippen LogP contribution in [0.25, 0.3) is 11.3 Å². The molecule has 0 bridgehead atoms. The number of rotatable bonds is 11. The first-order chi connectivity index (χ1) is 15.1. The molecule has 1 N–H and O–H groups in total. The van der Waals surface area contributed by atoms with Crippen LogP contribution in [0.15, 0.2) is 48.7 Å². The fraction of sp³-hybridized carbons (Fsp3) is 0.400. The predicted molar refractivity (Wildman–Crippen MR) is 125 cm³/mol. The van der Waals surface area contributed by atoms with Crippen molar-refractivity contribution < 1.29 is 14.2 Å². The van der Waals surface area contributed by atoms with Crippen molar-refractivity contribution in [2.75, 3.05) is 26.1 Å². The van der Waals surface area contributed by atoms with Gasteiger partial charge in [0, 0.05) is 18.7 Å². The quantitative estimate of drug-likeness (QED) is 0.433. The van der Waals surface area contributed by atoms with E-state index in [1.807, 2.05) is 43.5 Å². The number of ether oxygens (including phenoxy) is 3. The second-order valence-electron chi connectivity index (χ2n) is 7.59. The van der Waals surface area contributed by atoms with Crippen LogP contribution in [0.5, 0.6) is 17.2 Å². The fourth-order valence-electron chi connectivity index (χ4n) is 3.43. The molecule has 1 atom stereocenters. The molecule has 0 radical (unpaired) electrons. The molecule has 3 aromatic rings. The monoisotopic (exact) mass is 423 g/mol. The maximum Gasteiger partial charge on any atom is 0.203 e. The number of methoxy groups -OCH3 is 2. The molecular formula is C25H33N3O3. The van der Waals surface area contributed by atoms with Crippen molar-refractivity contribution in [1.82, 2.24) is 9.55 Å². The molecule has 2 aromatic carbocycles. The van der Waals surface area contributed by atoms with Crippen LogP contribution in [0, 0.1) is 5.92 Å². The minimum atomic E-state index is 0.539. The van der Waals surface area contributed by atoms with Crippen LogP contribution in [-0.4, -0.2) is 30.4 Å². The molecule has 1 unspecified atom stereocenters. The first kappa shape index (κ1) is 22.5. The number of aromatic nitrogens is 2. The summed E-state index contributed by atoms with van der Waals surface area (Å²) in [6.45, 7) is 8.67. The lowest BCUT2D eigenvalue weighted by molar-refractivity contribution is 0.340. The number of benzene rings is 2. The van der Waals surface area contributed by atoms with Gasteiger partial charge in [0.1, 0.15) is 5.75 Å². The summed E-state index contributed by atoms with van der Waals surface area (Å²) in [5.41, 5.74) is 3.31. The van der Waals surface area contributed by atoms with E-state index >= 15 is 0 Å². The molecular weight excluding hydrogens is 390 g/mol. The van der Waals surface area contributed by atoms with Gasteiger partial charge >= 0.3 is 0 Å². The predicted octanol–water partition coefficient (Wildman–Crippen LogP) is 5.62. The zero-order valence-electron chi connectivity index (χ0n) is 19.1. The maximum atomic E-state index is 5.58. The summed E-state index contributed by atoms with van der Waals surface area (Å²) in [4.78, 5) is 4.69. The summed E-state index contributed by atoms with van der Waals surface area (Å²) >= 11 is 0. The maximum absolute atomic E-state index is 5.58. The van der Waals surface area contributed by atoms with E-state index in [1.54, 1.807) is 14.2 Å². The number of nitrogens with zero attached hydrogens (tertiary/aromatic N) is 2. The van der Waals surface area contributed by atoms with E-state index in [0.29, 0.717) is 19.1 Å². The van der Waals surface area contributed by atoms with Crippen molar-refractivity contribution in [1.29, 1.82) is 0 Å². The molecule has 31 heavy (non-hydrogen) atoms. The highest BCUT2D eigenvalue weighted by Crippen LogP contribution is 2.29. The molecule has 0 saturated heterocycles. The van der Waals surface area contributed by atoms with E-state index in [-0.39, 0.29) is 0 Å². The molecule has 0 fully saturated rings. The molecule has 0 aliphatic carbocycles. The Morgan fingerprint density at radius 3 is 2.39 bits per heavy atom. The van der Waals surface area contributed by atoms with Crippen molar-refractivity contribution in [3.05, 3.63) is 54.2 Å². The summed E-state index contributed by atoms with van der Waals surface area (Å²) in [6.07, 6.45) is 3.05. The van der Waals surface area contributed by atoms with E-state index in [4.69, 9.17) is 19.2 Å². The van der Waals surface area contributed by atoms with Crippen molar-refractivity contribution in [2.45, 2.75) is 40.3 Å². The third-order valence-corrected chi connectivity index (χ3v) is 5.41. The fourth-order valence-corrected chi connectivity index (χ4v) is 3.43. The molecule has 0 aliphatic rings. The van der Waals surface area contributed by atoms with Crippen LogP contribution in [0.3, 0.4) is 0 Å². The number of imidazole rings is 1. The summed E-state index contributed by atoms with van der Waals surface area (Å²) in [5, 5.41) is 3.50. The molecule has 0 amide bonds. The normalized spacial score (nSPS) is 11.8. The Bertz CT molecular complexity index is 967. The molecule has 6 nitrogen and oxygen atoms in total. The van der Waals surface area contributed by atoms with Gasteiger partial charge in [-0.1, -0.05) is 26.3 Å². The number of anilines is 1. The summed E-state index contributed by atoms with van der Waals surface area (Å²) in [5.74, 6) is 3.73. The lowest BCUT2D eigenvalue weighted by atomic mass is 10.1. The molecule has 166 valence electrons. The van der Waals surface area contributed by atoms with Crippen LogP contribution < -0.4 is 19.5 Å². The zero-order valence-corrected chi connectivity index (χ0v) is 19.1. The van der Waals surface area contributed by atoms with Gasteiger partial charge in [-0.15, -0.1) is 0 Å². The molecule has 3 rings (SSSR count). The molecule has 0 aliphatic heterocycles. The second-order valence-corrected chi connectivity index (χ2v) is 7.59. The number of hydrogen-bond donors (Lipinski definition) is 1. The Morgan fingerprint density at radius 1 is 1.00 bits per heavy atom. The molecule has 1 aromatic heterocycles. The summed E-state index contributed by atoms with van der Waals surface area (Å²) < 4.78 is 18.6. The van der Waals surface area contributed by atoms with Gasteiger partial charge in [0.2, 0.25) is 5.95 Å². The molecule has 0 spiro atoms. The topological polar surface area (TPSA) is 57.5 Å². The van der Waals surface area contributed by atoms with Gasteiger partial charge in [0.15, 0.2) is 11.5 Å². The molecule has 1 heterocycles. The van der Waals surface area contributed by atoms with E-state index in [0.717, 1.165) is 53.0 Å². The van der Waals surface area contributed by atoms with Gasteiger partial charge in [-0.3, -0.25) is 0 Å². The summed E-state index contributed by atoms with van der Waals surface area (Å²) in [7, 11) is 3.29. The molecule has 0 saturated carbocycles. The Hall–Kier alpha value is -3.15. The number of hydrogen-bond acceptors (Lipinski definition) is 5. The Morgan fingerprint density at radius 2 is 1.74 bits per heavy atom. The lowest BCUT2D eigenvalue weighted by Gasteiger charge is -2.17. The summed E-state index contributed by atoms with van der Waals surface area (Å²) in [6, 6.07) is 14.1. The Kier molecular flexibility index (Phi) is 7.82. The average Bonchev–Trinajstić information content (AvgIpc) is 3.20. The highest BCUT2D eigenvalue weighted by Gasteiger charge is 2.14. The second kappa shape index (κ2) is 10.8. The third-order valence-electron chi connectivity index (χ3n) is 5.41. The minimum absolute atomic E-state index is 0.539. The zero-order chi connectivity index (χ0) is 22.2. The standard InChI is InChI=1S/C25H33N3O3/c1-6-18(3)17-28-22(20-9-11-21(12-10-20)31-7-2)16-27-25(28)26-15-19-8-13-23(29-4)24(14-19)30-5/h8-14,16,18H,6-7,15,17H2,1-5H3,(H,26,27). The third kappa shape index (κ3) is 5.51. The van der Waals surface area contributed by atoms with Crippen LogP contribution in [0.4, 0.5) is 5.95 Å². The largest absolute Gasteiger partial charge is 0.494 e. The molecule has 6 heteroatoms. The van der Waals surface area contributed by atoms with Gasteiger partial charge < -0.3 is 24.1 Å². The van der Waals surface area contributed by atoms with Crippen molar-refractivity contribution in [3.63, 3.8) is 0 Å². The van der Waals surface area contributed by atoms with Gasteiger partial charge in [0.05, 0.1) is 32.7 Å². The van der Waals surface area contributed by atoms with E-state index in [1.165, 1.54) is 0 Å². The first-order valence-electron chi connectivity index (χ1n) is 10.8. The van der Waals surface area contributed by atoms with Crippen molar-refractivity contribution >= 4 is 5.95 Å². The van der Waals surface area contributed by atoms with E-state index < -0.39 is 0 Å². The van der Waals surface area contributed by atoms with Crippen molar-refractivity contribution in [3.8, 4) is 28.5 Å². The minimum Gasteiger partial charge on any atom is -0.494 e. The Balaban J connectivity index is 1.84. The highest BCUT2D eigenvalue weighted by atomic mass is 16.5. The first-order valence-corrected chi connectivity index (χ1v) is 10.8. The van der Waals surface area contributed by atoms with Gasteiger partial charge in [-0.2, -0.15) is 0 Å². The van der Waals surface area contributed by atoms with Gasteiger partial charge in [-0.05, 0) is 54.8 Å².